The van der Waals surface area contributed by atoms with Crippen LogP contribution >= 0.6 is 0 Å². The second kappa shape index (κ2) is 9.78. The molecule has 0 unspecified atom stereocenters. The van der Waals surface area contributed by atoms with Gasteiger partial charge in [-0.2, -0.15) is 0 Å². The van der Waals surface area contributed by atoms with Gasteiger partial charge in [-0.15, -0.1) is 5.10 Å². The van der Waals surface area contributed by atoms with Crippen molar-refractivity contribution in [3.63, 3.8) is 0 Å². The summed E-state index contributed by atoms with van der Waals surface area (Å²) in [6.07, 6.45) is 7.86. The Balaban J connectivity index is 1.75. The van der Waals surface area contributed by atoms with E-state index in [2.05, 4.69) is 101 Å². The first-order valence-electron chi connectivity index (χ1n) is 11.7. The highest BCUT2D eigenvalue weighted by Crippen LogP contribution is 2.33. The van der Waals surface area contributed by atoms with Gasteiger partial charge < -0.3 is 0 Å². The van der Waals surface area contributed by atoms with E-state index in [0.717, 1.165) is 25.0 Å². The number of allylic oxidation sites excluding steroid dienone is 1. The molecule has 0 saturated heterocycles. The zero-order chi connectivity index (χ0) is 21.6. The van der Waals surface area contributed by atoms with E-state index in [0.29, 0.717) is 0 Å². The van der Waals surface area contributed by atoms with Crippen LogP contribution in [0.15, 0.2) is 91.0 Å². The van der Waals surface area contributed by atoms with Crippen LogP contribution in [-0.4, -0.2) is 15.0 Å². The van der Waals surface area contributed by atoms with Crippen molar-refractivity contribution in [3.8, 4) is 0 Å². The number of hydrogen-bond donors (Lipinski definition) is 0. The molecular formula is C29H29N3. The fraction of sp³-hybridized carbons (Fsp3) is 0.241. The van der Waals surface area contributed by atoms with Gasteiger partial charge in [0, 0.05) is 12.0 Å². The molecule has 3 nitrogen and oxygen atoms in total. The summed E-state index contributed by atoms with van der Waals surface area (Å²) < 4.78 is 2.15. The predicted molar refractivity (Wildman–Crippen MR) is 131 cm³/mol. The van der Waals surface area contributed by atoms with Gasteiger partial charge in [-0.05, 0) is 42.4 Å². The van der Waals surface area contributed by atoms with E-state index in [1.54, 1.807) is 0 Å². The largest absolute Gasteiger partial charge is 0.216 e. The standard InChI is InChI=1S/C29H29N3/c1-2-13-21-28-27(20-12-1)30-31-32(28)29(25-18-10-5-11-19-25)26(24-16-8-4-9-17-24)22-23-14-6-3-7-15-23/h3-11,14-19H,1-2,12-13,20-22H2/b29-26+. The van der Waals surface area contributed by atoms with Crippen LogP contribution in [0.2, 0.25) is 0 Å². The third-order valence-electron chi connectivity index (χ3n) is 6.31. The molecule has 0 radical (unpaired) electrons. The van der Waals surface area contributed by atoms with Gasteiger partial charge >= 0.3 is 0 Å². The van der Waals surface area contributed by atoms with Crippen LogP contribution in [0.4, 0.5) is 0 Å². The third-order valence-corrected chi connectivity index (χ3v) is 6.31. The lowest BCUT2D eigenvalue weighted by atomic mass is 9.93. The molecule has 1 heterocycles. The van der Waals surface area contributed by atoms with Crippen molar-refractivity contribution in [2.75, 3.05) is 0 Å². The second-order valence-electron chi connectivity index (χ2n) is 8.53. The first-order chi connectivity index (χ1) is 15.9. The van der Waals surface area contributed by atoms with Crippen molar-refractivity contribution in [3.05, 3.63) is 119 Å². The lowest BCUT2D eigenvalue weighted by molar-refractivity contribution is 0.603. The van der Waals surface area contributed by atoms with E-state index in [1.165, 1.54) is 59.3 Å². The molecule has 32 heavy (non-hydrogen) atoms. The summed E-state index contributed by atoms with van der Waals surface area (Å²) in [5, 5.41) is 9.42. The van der Waals surface area contributed by atoms with Crippen molar-refractivity contribution < 1.29 is 0 Å². The van der Waals surface area contributed by atoms with Crippen molar-refractivity contribution in [2.24, 2.45) is 0 Å². The highest BCUT2D eigenvalue weighted by atomic mass is 15.4. The van der Waals surface area contributed by atoms with Gasteiger partial charge in [0.25, 0.3) is 0 Å². The fourth-order valence-electron chi connectivity index (χ4n) is 4.68. The van der Waals surface area contributed by atoms with Crippen molar-refractivity contribution >= 4 is 11.3 Å². The molecule has 0 fully saturated rings. The zero-order valence-corrected chi connectivity index (χ0v) is 18.5. The van der Waals surface area contributed by atoms with E-state index in [4.69, 9.17) is 5.21 Å². The molecule has 3 aromatic carbocycles. The predicted octanol–water partition coefficient (Wildman–Crippen LogP) is 6.60. The Morgan fingerprint density at radius 2 is 1.25 bits per heavy atom. The molecule has 1 aliphatic carbocycles. The molecule has 0 atom stereocenters. The monoisotopic (exact) mass is 419 g/mol. The Kier molecular flexibility index (Phi) is 6.25. The molecule has 0 amide bonds. The maximum atomic E-state index is 4.75. The SMILES string of the molecule is c1ccc(C/C(=C(/c2ccccc2)n2nnc3c2CCCCCC3)c2ccccc2)cc1. The van der Waals surface area contributed by atoms with Gasteiger partial charge in [-0.3, -0.25) is 0 Å². The van der Waals surface area contributed by atoms with E-state index in [-0.39, 0.29) is 0 Å². The molecule has 0 bridgehead atoms. The van der Waals surface area contributed by atoms with Crippen LogP contribution in [0.5, 0.6) is 0 Å². The normalized spacial score (nSPS) is 14.8. The minimum absolute atomic E-state index is 0.837. The quantitative estimate of drug-likeness (QED) is 0.341. The van der Waals surface area contributed by atoms with Crippen LogP contribution in [0.1, 0.15) is 53.8 Å². The third kappa shape index (κ3) is 4.43. The van der Waals surface area contributed by atoms with Gasteiger partial charge in [-0.1, -0.05) is 109 Å². The number of aromatic nitrogens is 3. The summed E-state index contributed by atoms with van der Waals surface area (Å²) in [7, 11) is 0. The topological polar surface area (TPSA) is 30.7 Å². The average Bonchev–Trinajstić information content (AvgIpc) is 3.21. The van der Waals surface area contributed by atoms with Crippen molar-refractivity contribution in [2.45, 2.75) is 44.9 Å². The van der Waals surface area contributed by atoms with Crippen LogP contribution in [-0.2, 0) is 19.3 Å². The number of hydrogen-bond acceptors (Lipinski definition) is 2. The smallest absolute Gasteiger partial charge is 0.0863 e. The zero-order valence-electron chi connectivity index (χ0n) is 18.5. The second-order valence-corrected chi connectivity index (χ2v) is 8.53. The molecule has 0 N–H and O–H groups in total. The van der Waals surface area contributed by atoms with Crippen molar-refractivity contribution in [1.29, 1.82) is 0 Å². The van der Waals surface area contributed by atoms with E-state index < -0.39 is 0 Å². The van der Waals surface area contributed by atoms with E-state index >= 15 is 0 Å². The molecule has 160 valence electrons. The molecule has 0 saturated carbocycles. The van der Waals surface area contributed by atoms with Crippen LogP contribution in [0, 0.1) is 0 Å². The molecular weight excluding hydrogens is 390 g/mol. The van der Waals surface area contributed by atoms with Crippen molar-refractivity contribution in [1.82, 2.24) is 15.0 Å². The molecule has 1 aromatic heterocycles. The number of fused-ring (bicyclic) bond motifs is 1. The minimum atomic E-state index is 0.837. The van der Waals surface area contributed by atoms with Gasteiger partial charge in [0.2, 0.25) is 0 Å². The first-order valence-corrected chi connectivity index (χ1v) is 11.7. The summed E-state index contributed by atoms with van der Waals surface area (Å²) in [5.41, 5.74) is 8.58. The lowest BCUT2D eigenvalue weighted by Crippen LogP contribution is -2.11. The highest BCUT2D eigenvalue weighted by molar-refractivity contribution is 5.91. The van der Waals surface area contributed by atoms with Crippen LogP contribution in [0.3, 0.4) is 0 Å². The number of rotatable bonds is 5. The van der Waals surface area contributed by atoms with E-state index in [1.807, 2.05) is 0 Å². The first kappa shape index (κ1) is 20.4. The Labute approximate surface area is 190 Å². The molecule has 1 aliphatic rings. The molecule has 5 rings (SSSR count). The lowest BCUT2D eigenvalue weighted by Gasteiger charge is -2.19. The molecule has 0 spiro atoms. The van der Waals surface area contributed by atoms with Gasteiger partial charge in [0.15, 0.2) is 0 Å². The Morgan fingerprint density at radius 1 is 0.656 bits per heavy atom. The minimum Gasteiger partial charge on any atom is -0.216 e. The summed E-state index contributed by atoms with van der Waals surface area (Å²) in [6.45, 7) is 0. The summed E-state index contributed by atoms with van der Waals surface area (Å²) in [4.78, 5) is 0. The van der Waals surface area contributed by atoms with Gasteiger partial charge in [-0.25, -0.2) is 4.68 Å². The van der Waals surface area contributed by atoms with Crippen LogP contribution < -0.4 is 0 Å². The number of benzene rings is 3. The molecule has 4 aromatic rings. The van der Waals surface area contributed by atoms with E-state index in [9.17, 15) is 0 Å². The number of nitrogens with zero attached hydrogens (tertiary/aromatic N) is 3. The summed E-state index contributed by atoms with van der Waals surface area (Å²) in [5.74, 6) is 0. The highest BCUT2D eigenvalue weighted by Gasteiger charge is 2.22. The molecule has 3 heteroatoms. The maximum Gasteiger partial charge on any atom is 0.0863 e. The van der Waals surface area contributed by atoms with Gasteiger partial charge in [0.05, 0.1) is 17.1 Å². The van der Waals surface area contributed by atoms with Crippen LogP contribution in [0.25, 0.3) is 11.3 Å². The summed E-state index contributed by atoms with van der Waals surface area (Å²) >= 11 is 0. The van der Waals surface area contributed by atoms with Gasteiger partial charge in [0.1, 0.15) is 0 Å². The Bertz CT molecular complexity index is 1180. The maximum absolute atomic E-state index is 4.75. The number of aryl methyl sites for hydroxylation is 1. The Hall–Kier alpha value is -3.46. The average molecular weight is 420 g/mol. The fourth-order valence-corrected chi connectivity index (χ4v) is 4.68. The Morgan fingerprint density at radius 3 is 1.94 bits per heavy atom. The molecule has 0 aliphatic heterocycles. The summed E-state index contributed by atoms with van der Waals surface area (Å²) in [6, 6.07) is 32.2.